The predicted octanol–water partition coefficient (Wildman–Crippen LogP) is 2.82. The van der Waals surface area contributed by atoms with Crippen LogP contribution in [0.2, 0.25) is 5.02 Å². The minimum Gasteiger partial charge on any atom is -0.504 e. The maximum atomic E-state index is 10.2. The van der Waals surface area contributed by atoms with Crippen molar-refractivity contribution in [3.05, 3.63) is 22.7 Å². The van der Waals surface area contributed by atoms with Gasteiger partial charge in [-0.2, -0.15) is 0 Å². The predicted molar refractivity (Wildman–Crippen MR) is 71.1 cm³/mol. The number of halogens is 1. The van der Waals surface area contributed by atoms with Crippen molar-refractivity contribution < 1.29 is 15.0 Å². The molecule has 0 aromatic heterocycles. The molecule has 1 rings (SSSR count). The standard InChI is InChI=1S/C7H5ClO3.C3H9N.C2H6/c8-6-4(3-9)1-2-5(10)7(6)11;1-3-4-2;1-2/h1-3,10-11H;4H,3H2,1-2H3;1-2H3. The molecule has 0 bridgehead atoms. The van der Waals surface area contributed by atoms with Crippen molar-refractivity contribution in [2.24, 2.45) is 0 Å². The van der Waals surface area contributed by atoms with Gasteiger partial charge in [-0.1, -0.05) is 32.4 Å². The van der Waals surface area contributed by atoms with Crippen molar-refractivity contribution in [1.82, 2.24) is 5.32 Å². The van der Waals surface area contributed by atoms with Gasteiger partial charge < -0.3 is 15.5 Å². The van der Waals surface area contributed by atoms with E-state index in [4.69, 9.17) is 21.8 Å². The Bertz CT molecular complexity index is 328. The van der Waals surface area contributed by atoms with E-state index < -0.39 is 5.75 Å². The van der Waals surface area contributed by atoms with Gasteiger partial charge in [0, 0.05) is 5.56 Å². The molecule has 0 saturated carbocycles. The lowest BCUT2D eigenvalue weighted by atomic mass is 10.2. The van der Waals surface area contributed by atoms with Crippen LogP contribution < -0.4 is 5.32 Å². The molecule has 4 nitrogen and oxygen atoms in total. The molecule has 0 atom stereocenters. The quantitative estimate of drug-likeness (QED) is 0.566. The molecule has 1 aromatic carbocycles. The lowest BCUT2D eigenvalue weighted by Crippen LogP contribution is -2.01. The van der Waals surface area contributed by atoms with E-state index in [0.717, 1.165) is 6.54 Å². The number of aromatic hydroxyl groups is 2. The third kappa shape index (κ3) is 6.81. The number of carbonyl (C=O) groups excluding carboxylic acids is 1. The van der Waals surface area contributed by atoms with Crippen LogP contribution in [0.5, 0.6) is 11.5 Å². The van der Waals surface area contributed by atoms with Gasteiger partial charge in [-0.15, -0.1) is 0 Å². The van der Waals surface area contributed by atoms with Crippen molar-refractivity contribution >= 4 is 17.9 Å². The second-order valence-electron chi connectivity index (χ2n) is 2.66. The topological polar surface area (TPSA) is 69.6 Å². The zero-order valence-electron chi connectivity index (χ0n) is 10.6. The summed E-state index contributed by atoms with van der Waals surface area (Å²) in [5.74, 6) is -0.795. The summed E-state index contributed by atoms with van der Waals surface area (Å²) in [6.07, 6.45) is 0.501. The minimum absolute atomic E-state index is 0.125. The van der Waals surface area contributed by atoms with Crippen LogP contribution in [0.25, 0.3) is 0 Å². The van der Waals surface area contributed by atoms with Gasteiger partial charge in [0.05, 0.1) is 5.02 Å². The molecular weight excluding hydrogens is 242 g/mol. The largest absolute Gasteiger partial charge is 0.504 e. The number of aldehydes is 1. The first-order valence-corrected chi connectivity index (χ1v) is 5.76. The number of phenols is 2. The van der Waals surface area contributed by atoms with Gasteiger partial charge in [0.25, 0.3) is 0 Å². The van der Waals surface area contributed by atoms with E-state index in [-0.39, 0.29) is 16.3 Å². The first-order chi connectivity index (χ1) is 8.08. The lowest BCUT2D eigenvalue weighted by Gasteiger charge is -2.00. The van der Waals surface area contributed by atoms with Gasteiger partial charge in [-0.05, 0) is 25.7 Å². The van der Waals surface area contributed by atoms with E-state index in [9.17, 15) is 4.79 Å². The Kier molecular flexibility index (Phi) is 12.0. The van der Waals surface area contributed by atoms with Crippen LogP contribution in [-0.2, 0) is 0 Å². The molecule has 0 amide bonds. The maximum Gasteiger partial charge on any atom is 0.177 e. The molecule has 0 aliphatic carbocycles. The Morgan fingerprint density at radius 3 is 2.18 bits per heavy atom. The summed E-state index contributed by atoms with van der Waals surface area (Å²) in [7, 11) is 1.93. The summed E-state index contributed by atoms with van der Waals surface area (Å²) in [5.41, 5.74) is 0.155. The molecule has 3 N–H and O–H groups in total. The van der Waals surface area contributed by atoms with Crippen molar-refractivity contribution in [1.29, 1.82) is 0 Å². The molecule has 98 valence electrons. The van der Waals surface area contributed by atoms with Crippen LogP contribution in [0, 0.1) is 0 Å². The molecule has 0 heterocycles. The molecule has 0 fully saturated rings. The molecule has 0 spiro atoms. The number of hydrogen-bond acceptors (Lipinski definition) is 4. The third-order valence-corrected chi connectivity index (χ3v) is 2.00. The molecule has 0 unspecified atom stereocenters. The normalized spacial score (nSPS) is 8.29. The molecule has 5 heteroatoms. The molecule has 0 aliphatic heterocycles. The SMILES string of the molecule is CC.CCNC.O=Cc1ccc(O)c(O)c1Cl. The molecule has 17 heavy (non-hydrogen) atoms. The number of hydrogen-bond donors (Lipinski definition) is 3. The minimum atomic E-state index is -0.462. The van der Waals surface area contributed by atoms with Gasteiger partial charge in [-0.25, -0.2) is 0 Å². The Morgan fingerprint density at radius 1 is 1.35 bits per heavy atom. The van der Waals surface area contributed by atoms with Crippen molar-refractivity contribution in [2.45, 2.75) is 20.8 Å². The van der Waals surface area contributed by atoms with E-state index in [1.807, 2.05) is 20.9 Å². The fraction of sp³-hybridized carbons (Fsp3) is 0.417. The molecule has 0 saturated heterocycles. The fourth-order valence-corrected chi connectivity index (χ4v) is 0.865. The number of carbonyl (C=O) groups is 1. The van der Waals surface area contributed by atoms with Gasteiger partial charge >= 0.3 is 0 Å². The summed E-state index contributed by atoms with van der Waals surface area (Å²) >= 11 is 5.46. The number of nitrogens with one attached hydrogen (secondary N) is 1. The molecule has 0 radical (unpaired) electrons. The smallest absolute Gasteiger partial charge is 0.177 e. The van der Waals surface area contributed by atoms with Crippen molar-refractivity contribution in [3.8, 4) is 11.5 Å². The Morgan fingerprint density at radius 2 is 1.82 bits per heavy atom. The van der Waals surface area contributed by atoms with Gasteiger partial charge in [-0.3, -0.25) is 4.79 Å². The highest BCUT2D eigenvalue weighted by Gasteiger charge is 2.08. The average molecular weight is 262 g/mol. The van der Waals surface area contributed by atoms with E-state index in [1.165, 1.54) is 12.1 Å². The summed E-state index contributed by atoms with van der Waals surface area (Å²) in [5, 5.41) is 20.7. The first-order valence-electron chi connectivity index (χ1n) is 5.38. The number of phenolic OH excluding ortho intramolecular Hbond substituents is 2. The molecule has 1 aromatic rings. The Balaban J connectivity index is 0. The van der Waals surface area contributed by atoms with Crippen molar-refractivity contribution in [3.63, 3.8) is 0 Å². The van der Waals surface area contributed by atoms with E-state index in [1.54, 1.807) is 0 Å². The van der Waals surface area contributed by atoms with Gasteiger partial charge in [0.15, 0.2) is 17.8 Å². The molecular formula is C12H20ClNO3. The fourth-order valence-electron chi connectivity index (χ4n) is 0.661. The first kappa shape index (κ1) is 18.1. The van der Waals surface area contributed by atoms with Crippen molar-refractivity contribution in [2.75, 3.05) is 13.6 Å². The average Bonchev–Trinajstić information content (AvgIpc) is 2.39. The summed E-state index contributed by atoms with van der Waals surface area (Å²) in [6, 6.07) is 2.52. The van der Waals surface area contributed by atoms with Crippen LogP contribution in [0.3, 0.4) is 0 Å². The zero-order valence-corrected chi connectivity index (χ0v) is 11.4. The second kappa shape index (κ2) is 11.2. The Hall–Kier alpha value is -1.26. The van der Waals surface area contributed by atoms with Gasteiger partial charge in [0.2, 0.25) is 0 Å². The van der Waals surface area contributed by atoms with Crippen LogP contribution >= 0.6 is 11.6 Å². The van der Waals surface area contributed by atoms with E-state index in [0.29, 0.717) is 6.29 Å². The lowest BCUT2D eigenvalue weighted by molar-refractivity contribution is 0.112. The maximum absolute atomic E-state index is 10.2. The van der Waals surface area contributed by atoms with Crippen LogP contribution in [-0.4, -0.2) is 30.1 Å². The highest BCUT2D eigenvalue weighted by Crippen LogP contribution is 2.34. The monoisotopic (exact) mass is 261 g/mol. The van der Waals surface area contributed by atoms with E-state index in [2.05, 4.69) is 12.2 Å². The van der Waals surface area contributed by atoms with E-state index >= 15 is 0 Å². The van der Waals surface area contributed by atoms with Gasteiger partial charge in [0.1, 0.15) is 0 Å². The third-order valence-electron chi connectivity index (χ3n) is 1.61. The van der Waals surface area contributed by atoms with Crippen LogP contribution in [0.1, 0.15) is 31.1 Å². The summed E-state index contributed by atoms with van der Waals surface area (Å²) in [6.45, 7) is 7.14. The number of rotatable bonds is 2. The van der Waals surface area contributed by atoms with Crippen LogP contribution in [0.4, 0.5) is 0 Å². The second-order valence-corrected chi connectivity index (χ2v) is 3.04. The van der Waals surface area contributed by atoms with Crippen LogP contribution in [0.15, 0.2) is 12.1 Å². The number of benzene rings is 1. The zero-order chi connectivity index (χ0) is 13.8. The highest BCUT2D eigenvalue weighted by molar-refractivity contribution is 6.34. The Labute approximate surface area is 107 Å². The summed E-state index contributed by atoms with van der Waals surface area (Å²) in [4.78, 5) is 10.2. The highest BCUT2D eigenvalue weighted by atomic mass is 35.5. The molecule has 0 aliphatic rings. The summed E-state index contributed by atoms with van der Waals surface area (Å²) < 4.78 is 0.